The summed E-state index contributed by atoms with van der Waals surface area (Å²) in [5.41, 5.74) is 9.89. The molecule has 1 aliphatic heterocycles. The van der Waals surface area contributed by atoms with Crippen molar-refractivity contribution >= 4 is 11.4 Å². The van der Waals surface area contributed by atoms with Crippen molar-refractivity contribution in [1.82, 2.24) is 4.90 Å². The number of nitrogen functional groups attached to an aromatic ring is 1. The van der Waals surface area contributed by atoms with Crippen molar-refractivity contribution in [3.05, 3.63) is 59.4 Å². The molecule has 0 saturated carbocycles. The van der Waals surface area contributed by atoms with Gasteiger partial charge in [0.1, 0.15) is 5.82 Å². The molecule has 0 atom stereocenters. The average molecular weight is 299 g/mol. The Morgan fingerprint density at radius 2 is 1.77 bits per heavy atom. The Labute approximate surface area is 131 Å². The van der Waals surface area contributed by atoms with Crippen LogP contribution in [0.25, 0.3) is 0 Å². The van der Waals surface area contributed by atoms with Gasteiger partial charge in [-0.15, -0.1) is 0 Å². The normalized spacial score (nSPS) is 16.0. The third-order valence-corrected chi connectivity index (χ3v) is 4.32. The van der Waals surface area contributed by atoms with Crippen molar-refractivity contribution in [2.75, 3.05) is 36.8 Å². The van der Waals surface area contributed by atoms with Crippen LogP contribution in [-0.2, 0) is 6.54 Å². The summed E-state index contributed by atoms with van der Waals surface area (Å²) >= 11 is 0. The maximum Gasteiger partial charge on any atom is 0.146 e. The summed E-state index contributed by atoms with van der Waals surface area (Å²) in [7, 11) is 0. The molecule has 1 heterocycles. The number of para-hydroxylation sites is 1. The van der Waals surface area contributed by atoms with Crippen molar-refractivity contribution < 1.29 is 4.39 Å². The number of rotatable bonds is 3. The van der Waals surface area contributed by atoms with E-state index >= 15 is 0 Å². The van der Waals surface area contributed by atoms with Crippen LogP contribution < -0.4 is 10.6 Å². The van der Waals surface area contributed by atoms with Crippen LogP contribution in [0, 0.1) is 12.7 Å². The fourth-order valence-electron chi connectivity index (χ4n) is 2.90. The highest BCUT2D eigenvalue weighted by Crippen LogP contribution is 2.21. The second kappa shape index (κ2) is 6.36. The van der Waals surface area contributed by atoms with E-state index in [1.165, 1.54) is 11.6 Å². The molecule has 1 saturated heterocycles. The summed E-state index contributed by atoms with van der Waals surface area (Å²) in [5, 5.41) is 0. The molecule has 3 nitrogen and oxygen atoms in total. The molecule has 3 rings (SSSR count). The summed E-state index contributed by atoms with van der Waals surface area (Å²) < 4.78 is 13.8. The van der Waals surface area contributed by atoms with Crippen LogP contribution in [0.2, 0.25) is 0 Å². The molecule has 0 amide bonds. The van der Waals surface area contributed by atoms with Gasteiger partial charge < -0.3 is 10.6 Å². The van der Waals surface area contributed by atoms with Crippen LogP contribution in [0.5, 0.6) is 0 Å². The third kappa shape index (κ3) is 3.22. The summed E-state index contributed by atoms with van der Waals surface area (Å²) in [4.78, 5) is 4.51. The van der Waals surface area contributed by atoms with Gasteiger partial charge in [0.2, 0.25) is 0 Å². The van der Waals surface area contributed by atoms with Gasteiger partial charge in [0.05, 0.1) is 5.69 Å². The number of anilines is 2. The quantitative estimate of drug-likeness (QED) is 0.884. The minimum atomic E-state index is -0.137. The molecule has 1 aliphatic rings. The Morgan fingerprint density at radius 3 is 2.45 bits per heavy atom. The molecule has 2 N–H and O–H groups in total. The van der Waals surface area contributed by atoms with Gasteiger partial charge in [-0.1, -0.05) is 24.3 Å². The van der Waals surface area contributed by atoms with Gasteiger partial charge in [0, 0.05) is 38.4 Å². The lowest BCUT2D eigenvalue weighted by Crippen LogP contribution is -2.46. The smallest absolute Gasteiger partial charge is 0.146 e. The molecule has 116 valence electrons. The number of aryl methyl sites for hydroxylation is 1. The molecule has 4 heteroatoms. The van der Waals surface area contributed by atoms with Crippen LogP contribution in [-0.4, -0.2) is 31.1 Å². The van der Waals surface area contributed by atoms with Crippen LogP contribution in [0.15, 0.2) is 42.5 Å². The van der Waals surface area contributed by atoms with Gasteiger partial charge in [-0.05, 0) is 36.2 Å². The number of nitrogens with zero attached hydrogens (tertiary/aromatic N) is 2. The molecular formula is C18H22FN3. The fraction of sp³-hybridized carbons (Fsp3) is 0.333. The molecule has 0 spiro atoms. The highest BCUT2D eigenvalue weighted by atomic mass is 19.1. The zero-order valence-electron chi connectivity index (χ0n) is 12.9. The van der Waals surface area contributed by atoms with Crippen LogP contribution in [0.1, 0.15) is 11.1 Å². The first-order valence-corrected chi connectivity index (χ1v) is 7.70. The van der Waals surface area contributed by atoms with Gasteiger partial charge in [0.15, 0.2) is 0 Å². The largest absolute Gasteiger partial charge is 0.399 e. The number of nitrogens with two attached hydrogens (primary N) is 1. The molecule has 0 bridgehead atoms. The van der Waals surface area contributed by atoms with Crippen molar-refractivity contribution in [3.8, 4) is 0 Å². The lowest BCUT2D eigenvalue weighted by molar-refractivity contribution is 0.249. The van der Waals surface area contributed by atoms with Crippen LogP contribution in [0.4, 0.5) is 15.8 Å². The van der Waals surface area contributed by atoms with E-state index in [4.69, 9.17) is 5.73 Å². The first-order valence-electron chi connectivity index (χ1n) is 7.70. The van der Waals surface area contributed by atoms with E-state index in [-0.39, 0.29) is 5.82 Å². The predicted octanol–water partition coefficient (Wildman–Crippen LogP) is 3.04. The molecule has 0 aliphatic carbocycles. The molecule has 2 aromatic rings. The van der Waals surface area contributed by atoms with Crippen molar-refractivity contribution in [3.63, 3.8) is 0 Å². The van der Waals surface area contributed by atoms with Crippen molar-refractivity contribution in [1.29, 1.82) is 0 Å². The zero-order chi connectivity index (χ0) is 15.5. The standard InChI is InChI=1S/C18H22FN3/c1-14-6-7-15(12-17(14)20)13-21-8-10-22(11-9-21)18-5-3-2-4-16(18)19/h2-7,12H,8-11,13,20H2,1H3. The minimum absolute atomic E-state index is 0.137. The Bertz CT molecular complexity index is 649. The van der Waals surface area contributed by atoms with Gasteiger partial charge in [-0.25, -0.2) is 4.39 Å². The van der Waals surface area contributed by atoms with Crippen LogP contribution >= 0.6 is 0 Å². The maximum atomic E-state index is 13.8. The number of hydrogen-bond donors (Lipinski definition) is 1. The molecule has 0 radical (unpaired) electrons. The van der Waals surface area contributed by atoms with Crippen LogP contribution in [0.3, 0.4) is 0 Å². The lowest BCUT2D eigenvalue weighted by Gasteiger charge is -2.36. The molecule has 0 unspecified atom stereocenters. The molecule has 1 fully saturated rings. The van der Waals surface area contributed by atoms with Gasteiger partial charge in [-0.2, -0.15) is 0 Å². The van der Waals surface area contributed by atoms with Gasteiger partial charge in [-0.3, -0.25) is 4.90 Å². The monoisotopic (exact) mass is 299 g/mol. The fourth-order valence-corrected chi connectivity index (χ4v) is 2.90. The van der Waals surface area contributed by atoms with E-state index in [1.54, 1.807) is 6.07 Å². The maximum absolute atomic E-state index is 13.8. The zero-order valence-corrected chi connectivity index (χ0v) is 12.9. The second-order valence-electron chi connectivity index (χ2n) is 5.91. The van der Waals surface area contributed by atoms with Gasteiger partial charge >= 0.3 is 0 Å². The highest BCUT2D eigenvalue weighted by molar-refractivity contribution is 5.49. The summed E-state index contributed by atoms with van der Waals surface area (Å²) in [6.07, 6.45) is 0. The number of hydrogen-bond acceptors (Lipinski definition) is 3. The Hall–Kier alpha value is -2.07. The van der Waals surface area contributed by atoms with Crippen molar-refractivity contribution in [2.45, 2.75) is 13.5 Å². The lowest BCUT2D eigenvalue weighted by atomic mass is 10.1. The second-order valence-corrected chi connectivity index (χ2v) is 5.91. The summed E-state index contributed by atoms with van der Waals surface area (Å²) in [6.45, 7) is 6.48. The molecular weight excluding hydrogens is 277 g/mol. The first kappa shape index (κ1) is 14.9. The SMILES string of the molecule is Cc1ccc(CN2CCN(c3ccccc3F)CC2)cc1N. The summed E-state index contributed by atoms with van der Waals surface area (Å²) in [5.74, 6) is -0.137. The van der Waals surface area contributed by atoms with Crippen molar-refractivity contribution in [2.24, 2.45) is 0 Å². The Morgan fingerprint density at radius 1 is 1.05 bits per heavy atom. The topological polar surface area (TPSA) is 32.5 Å². The van der Waals surface area contributed by atoms with E-state index in [0.717, 1.165) is 44.0 Å². The number of halogens is 1. The molecule has 22 heavy (non-hydrogen) atoms. The average Bonchev–Trinajstić information content (AvgIpc) is 2.52. The molecule has 2 aromatic carbocycles. The highest BCUT2D eigenvalue weighted by Gasteiger charge is 2.19. The summed E-state index contributed by atoms with van der Waals surface area (Å²) in [6, 6.07) is 13.3. The van der Waals surface area contributed by atoms with E-state index in [1.807, 2.05) is 19.1 Å². The van der Waals surface area contributed by atoms with E-state index in [9.17, 15) is 4.39 Å². The number of piperazine rings is 1. The molecule has 0 aromatic heterocycles. The third-order valence-electron chi connectivity index (χ3n) is 4.32. The minimum Gasteiger partial charge on any atom is -0.399 e. The van der Waals surface area contributed by atoms with E-state index in [2.05, 4.69) is 28.0 Å². The predicted molar refractivity (Wildman–Crippen MR) is 89.5 cm³/mol. The first-order chi connectivity index (χ1) is 10.6. The Kier molecular flexibility index (Phi) is 4.29. The van der Waals surface area contributed by atoms with E-state index in [0.29, 0.717) is 5.69 Å². The van der Waals surface area contributed by atoms with E-state index < -0.39 is 0 Å². The van der Waals surface area contributed by atoms with Gasteiger partial charge in [0.25, 0.3) is 0 Å². The number of benzene rings is 2. The Balaban J connectivity index is 1.60.